The van der Waals surface area contributed by atoms with Crippen LogP contribution in [0.15, 0.2) is 77.7 Å². The van der Waals surface area contributed by atoms with Crippen LogP contribution in [0, 0.1) is 6.92 Å². The summed E-state index contributed by atoms with van der Waals surface area (Å²) in [6.07, 6.45) is 0. The lowest BCUT2D eigenvalue weighted by atomic mass is 10.1. The molecule has 1 amide bonds. The maximum atomic E-state index is 13.3. The van der Waals surface area contributed by atoms with Gasteiger partial charge >= 0.3 is 0 Å². The zero-order valence-electron chi connectivity index (χ0n) is 17.1. The Morgan fingerprint density at radius 3 is 2.20 bits per heavy atom. The molecule has 0 aliphatic carbocycles. The van der Waals surface area contributed by atoms with Crippen molar-refractivity contribution in [2.45, 2.75) is 18.7 Å². The normalized spacial score (nSPS) is 11.0. The summed E-state index contributed by atoms with van der Waals surface area (Å²) >= 11 is 0. The number of carbonyl (C=O) groups is 1. The van der Waals surface area contributed by atoms with Gasteiger partial charge in [-0.2, -0.15) is 0 Å². The van der Waals surface area contributed by atoms with Gasteiger partial charge in [0, 0.05) is 12.2 Å². The molecule has 0 saturated heterocycles. The third-order valence-electron chi connectivity index (χ3n) is 4.66. The second-order valence-electron chi connectivity index (χ2n) is 6.68. The van der Waals surface area contributed by atoms with Crippen LogP contribution in [0.3, 0.4) is 0 Å². The molecule has 0 bridgehead atoms. The minimum atomic E-state index is -3.82. The Morgan fingerprint density at radius 2 is 1.60 bits per heavy atom. The predicted molar refractivity (Wildman–Crippen MR) is 119 cm³/mol. The zero-order chi connectivity index (χ0) is 21.7. The van der Waals surface area contributed by atoms with E-state index in [2.05, 4.69) is 5.32 Å². The first kappa shape index (κ1) is 21.4. The maximum absolute atomic E-state index is 13.3. The van der Waals surface area contributed by atoms with E-state index < -0.39 is 15.9 Å². The summed E-state index contributed by atoms with van der Waals surface area (Å²) in [5, 5.41) is 2.81. The minimum Gasteiger partial charge on any atom is -0.497 e. The Morgan fingerprint density at radius 1 is 0.967 bits per heavy atom. The van der Waals surface area contributed by atoms with Crippen LogP contribution in [0.1, 0.15) is 22.8 Å². The van der Waals surface area contributed by atoms with E-state index in [1.54, 1.807) is 86.8 Å². The van der Waals surface area contributed by atoms with Crippen molar-refractivity contribution in [1.82, 2.24) is 0 Å². The SMILES string of the molecule is CCN(c1ccccc1C(=O)Nc1ccc(OC)cc1)S(=O)(=O)c1ccc(C)cc1. The monoisotopic (exact) mass is 424 g/mol. The fraction of sp³-hybridized carbons (Fsp3) is 0.174. The van der Waals surface area contributed by atoms with Crippen LogP contribution in [0.5, 0.6) is 5.75 Å². The van der Waals surface area contributed by atoms with Crippen LogP contribution in [0.4, 0.5) is 11.4 Å². The summed E-state index contributed by atoms with van der Waals surface area (Å²) in [6.45, 7) is 3.82. The highest BCUT2D eigenvalue weighted by molar-refractivity contribution is 7.92. The molecule has 0 atom stereocenters. The maximum Gasteiger partial charge on any atom is 0.264 e. The molecule has 0 spiro atoms. The van der Waals surface area contributed by atoms with Crippen molar-refractivity contribution < 1.29 is 17.9 Å². The molecule has 3 aromatic rings. The van der Waals surface area contributed by atoms with Crippen molar-refractivity contribution in [3.05, 3.63) is 83.9 Å². The summed E-state index contributed by atoms with van der Waals surface area (Å²) in [4.78, 5) is 13.1. The van der Waals surface area contributed by atoms with Gasteiger partial charge in [-0.05, 0) is 62.4 Å². The number of amides is 1. The quantitative estimate of drug-likeness (QED) is 0.607. The van der Waals surface area contributed by atoms with E-state index in [0.29, 0.717) is 17.1 Å². The Labute approximate surface area is 177 Å². The highest BCUT2D eigenvalue weighted by atomic mass is 32.2. The van der Waals surface area contributed by atoms with Gasteiger partial charge in [-0.25, -0.2) is 8.42 Å². The summed E-state index contributed by atoms with van der Waals surface area (Å²) in [5.74, 6) is 0.281. The average molecular weight is 425 g/mol. The Kier molecular flexibility index (Phi) is 6.42. The second kappa shape index (κ2) is 9.00. The fourth-order valence-corrected chi connectivity index (χ4v) is 4.56. The van der Waals surface area contributed by atoms with Crippen molar-refractivity contribution >= 4 is 27.3 Å². The molecule has 0 saturated carbocycles. The van der Waals surface area contributed by atoms with Crippen LogP contribution in [-0.2, 0) is 10.0 Å². The molecule has 3 rings (SSSR count). The summed E-state index contributed by atoms with van der Waals surface area (Å²) in [6, 6.07) is 20.3. The first-order valence-electron chi connectivity index (χ1n) is 9.50. The van der Waals surface area contributed by atoms with Crippen molar-refractivity contribution in [2.24, 2.45) is 0 Å². The lowest BCUT2D eigenvalue weighted by molar-refractivity contribution is 0.102. The van der Waals surface area contributed by atoms with Crippen LogP contribution in [0.2, 0.25) is 0 Å². The predicted octanol–water partition coefficient (Wildman–Crippen LogP) is 4.47. The number of hydrogen-bond acceptors (Lipinski definition) is 4. The molecule has 7 heteroatoms. The highest BCUT2D eigenvalue weighted by Gasteiger charge is 2.27. The second-order valence-corrected chi connectivity index (χ2v) is 8.54. The first-order valence-corrected chi connectivity index (χ1v) is 10.9. The Hall–Kier alpha value is -3.32. The molecule has 30 heavy (non-hydrogen) atoms. The topological polar surface area (TPSA) is 75.7 Å². The van der Waals surface area contributed by atoms with Gasteiger partial charge < -0.3 is 10.1 Å². The number of methoxy groups -OCH3 is 1. The van der Waals surface area contributed by atoms with Gasteiger partial charge in [0.25, 0.3) is 15.9 Å². The molecule has 1 N–H and O–H groups in total. The Bertz CT molecular complexity index is 1120. The molecule has 0 aliphatic rings. The number of benzene rings is 3. The van der Waals surface area contributed by atoms with Gasteiger partial charge in [-0.15, -0.1) is 0 Å². The molecule has 3 aromatic carbocycles. The number of hydrogen-bond donors (Lipinski definition) is 1. The van der Waals surface area contributed by atoms with Gasteiger partial charge in [0.1, 0.15) is 5.75 Å². The third-order valence-corrected chi connectivity index (χ3v) is 6.56. The minimum absolute atomic E-state index is 0.181. The summed E-state index contributed by atoms with van der Waals surface area (Å²) < 4.78 is 32.9. The number of nitrogens with one attached hydrogen (secondary N) is 1. The van der Waals surface area contributed by atoms with Crippen LogP contribution in [0.25, 0.3) is 0 Å². The molecular formula is C23H24N2O4S. The molecule has 0 radical (unpaired) electrons. The van der Waals surface area contributed by atoms with E-state index in [4.69, 9.17) is 4.74 Å². The Balaban J connectivity index is 1.95. The van der Waals surface area contributed by atoms with Gasteiger partial charge in [0.2, 0.25) is 0 Å². The van der Waals surface area contributed by atoms with Crippen molar-refractivity contribution in [2.75, 3.05) is 23.3 Å². The lowest BCUT2D eigenvalue weighted by Crippen LogP contribution is -2.32. The molecule has 6 nitrogen and oxygen atoms in total. The number of anilines is 2. The number of carbonyl (C=O) groups excluding carboxylic acids is 1. The lowest BCUT2D eigenvalue weighted by Gasteiger charge is -2.25. The number of aryl methyl sites for hydroxylation is 1. The number of para-hydroxylation sites is 1. The third kappa shape index (κ3) is 4.46. The van der Waals surface area contributed by atoms with Crippen molar-refractivity contribution in [3.63, 3.8) is 0 Å². The summed E-state index contributed by atoms with van der Waals surface area (Å²) in [5.41, 5.74) is 2.15. The molecule has 0 heterocycles. The van der Waals surface area contributed by atoms with Gasteiger partial charge in [-0.3, -0.25) is 9.10 Å². The standard InChI is InChI=1S/C23H24N2O4S/c1-4-25(30(27,28)20-15-9-17(2)10-16-20)22-8-6-5-7-21(22)23(26)24-18-11-13-19(29-3)14-12-18/h5-16H,4H2,1-3H3,(H,24,26). The van der Waals surface area contributed by atoms with E-state index in [1.807, 2.05) is 6.92 Å². The molecule has 0 fully saturated rings. The van der Waals surface area contributed by atoms with E-state index in [9.17, 15) is 13.2 Å². The largest absolute Gasteiger partial charge is 0.497 e. The zero-order valence-corrected chi connectivity index (χ0v) is 17.9. The van der Waals surface area contributed by atoms with E-state index in [0.717, 1.165) is 5.56 Å². The van der Waals surface area contributed by atoms with Crippen LogP contribution < -0.4 is 14.4 Å². The van der Waals surface area contributed by atoms with Gasteiger partial charge in [0.05, 0.1) is 23.3 Å². The van der Waals surface area contributed by atoms with E-state index >= 15 is 0 Å². The van der Waals surface area contributed by atoms with Crippen molar-refractivity contribution in [1.29, 1.82) is 0 Å². The highest BCUT2D eigenvalue weighted by Crippen LogP contribution is 2.28. The smallest absolute Gasteiger partial charge is 0.264 e. The number of rotatable bonds is 7. The van der Waals surface area contributed by atoms with E-state index in [1.165, 1.54) is 4.31 Å². The van der Waals surface area contributed by atoms with Gasteiger partial charge in [0.15, 0.2) is 0 Å². The first-order chi connectivity index (χ1) is 14.4. The fourth-order valence-electron chi connectivity index (χ4n) is 3.06. The van der Waals surface area contributed by atoms with Gasteiger partial charge in [-0.1, -0.05) is 29.8 Å². The molecule has 156 valence electrons. The number of sulfonamides is 1. The van der Waals surface area contributed by atoms with Crippen LogP contribution >= 0.6 is 0 Å². The number of nitrogens with zero attached hydrogens (tertiary/aromatic N) is 1. The summed E-state index contributed by atoms with van der Waals surface area (Å²) in [7, 11) is -2.25. The average Bonchev–Trinajstić information content (AvgIpc) is 2.75. The molecule has 0 unspecified atom stereocenters. The molecule has 0 aliphatic heterocycles. The van der Waals surface area contributed by atoms with E-state index in [-0.39, 0.29) is 17.0 Å². The van der Waals surface area contributed by atoms with Crippen molar-refractivity contribution in [3.8, 4) is 5.75 Å². The molecular weight excluding hydrogens is 400 g/mol. The number of ether oxygens (including phenoxy) is 1. The molecule has 0 aromatic heterocycles. The van der Waals surface area contributed by atoms with Crippen LogP contribution in [-0.4, -0.2) is 28.0 Å².